The number of rotatable bonds is 2. The van der Waals surface area contributed by atoms with Crippen LogP contribution in [0.1, 0.15) is 29.5 Å². The molecular weight excluding hydrogens is 274 g/mol. The second-order valence-corrected chi connectivity index (χ2v) is 6.81. The van der Waals surface area contributed by atoms with Crippen molar-refractivity contribution in [3.05, 3.63) is 34.9 Å². The van der Waals surface area contributed by atoms with Gasteiger partial charge in [-0.3, -0.25) is 4.79 Å². The highest BCUT2D eigenvalue weighted by molar-refractivity contribution is 8.00. The molecule has 20 heavy (non-hydrogen) atoms. The average Bonchev–Trinajstić information content (AvgIpc) is 2.89. The Bertz CT molecular complexity index is 601. The quantitative estimate of drug-likeness (QED) is 0.813. The van der Waals surface area contributed by atoms with Crippen molar-refractivity contribution in [2.45, 2.75) is 37.6 Å². The van der Waals surface area contributed by atoms with Crippen LogP contribution in [0.4, 0.5) is 0 Å². The Morgan fingerprint density at radius 2 is 2.20 bits per heavy atom. The maximum Gasteiger partial charge on any atom is 0.224 e. The molecule has 2 aliphatic heterocycles. The molecule has 5 heteroatoms. The smallest absolute Gasteiger partial charge is 0.224 e. The molecule has 2 heterocycles. The number of fused-ring (bicyclic) bond motifs is 1. The topological polar surface area (TPSA) is 60.4 Å². The molecule has 3 rings (SSSR count). The van der Waals surface area contributed by atoms with Crippen LogP contribution in [-0.2, 0) is 14.5 Å². The molecule has 0 aromatic heterocycles. The zero-order valence-electron chi connectivity index (χ0n) is 11.5. The lowest BCUT2D eigenvalue weighted by atomic mass is 9.96. The van der Waals surface area contributed by atoms with Crippen molar-refractivity contribution in [3.63, 3.8) is 0 Å². The highest BCUT2D eigenvalue weighted by Gasteiger charge is 2.55. The van der Waals surface area contributed by atoms with E-state index in [9.17, 15) is 14.7 Å². The van der Waals surface area contributed by atoms with Gasteiger partial charge in [-0.2, -0.15) is 0 Å². The Labute approximate surface area is 122 Å². The Morgan fingerprint density at radius 3 is 2.85 bits per heavy atom. The fourth-order valence-electron chi connectivity index (χ4n) is 3.34. The molecule has 0 saturated carbocycles. The summed E-state index contributed by atoms with van der Waals surface area (Å²) in [5.74, 6) is -0.829. The van der Waals surface area contributed by atoms with Gasteiger partial charge in [-0.15, -0.1) is 11.8 Å². The van der Waals surface area contributed by atoms with E-state index in [0.717, 1.165) is 16.7 Å². The van der Waals surface area contributed by atoms with E-state index in [1.807, 2.05) is 26.0 Å². The molecule has 1 aromatic rings. The number of benzene rings is 1. The van der Waals surface area contributed by atoms with Gasteiger partial charge in [0.25, 0.3) is 0 Å². The molecule has 2 fully saturated rings. The maximum absolute atomic E-state index is 12.1. The molecule has 1 amide bonds. The molecule has 4 nitrogen and oxygen atoms in total. The van der Waals surface area contributed by atoms with Gasteiger partial charge in [-0.1, -0.05) is 23.8 Å². The van der Waals surface area contributed by atoms with Crippen molar-refractivity contribution in [1.29, 1.82) is 0 Å². The molecular formula is C15H16NO3S-. The second-order valence-electron chi connectivity index (χ2n) is 5.51. The summed E-state index contributed by atoms with van der Waals surface area (Å²) < 4.78 is 0. The normalized spacial score (nSPS) is 28.8. The average molecular weight is 290 g/mol. The number of hydrogen-bond acceptors (Lipinski definition) is 4. The largest absolute Gasteiger partial charge is 0.548 e. The number of carboxylic acid groups (broad SMARTS) is 1. The number of carboxylic acids is 1. The Hall–Kier alpha value is -1.49. The van der Waals surface area contributed by atoms with Gasteiger partial charge in [0.1, 0.15) is 4.87 Å². The summed E-state index contributed by atoms with van der Waals surface area (Å²) in [5.41, 5.74) is 3.33. The van der Waals surface area contributed by atoms with Crippen molar-refractivity contribution >= 4 is 23.6 Å². The van der Waals surface area contributed by atoms with Crippen LogP contribution >= 0.6 is 11.8 Å². The van der Waals surface area contributed by atoms with Crippen LogP contribution in [0.15, 0.2) is 18.2 Å². The van der Waals surface area contributed by atoms with Gasteiger partial charge in [0.15, 0.2) is 0 Å². The Kier molecular flexibility index (Phi) is 3.05. The number of nitrogens with zero attached hydrogens (tertiary/aromatic N) is 1. The minimum absolute atomic E-state index is 0.0795. The zero-order chi connectivity index (χ0) is 14.5. The van der Waals surface area contributed by atoms with E-state index in [2.05, 4.69) is 6.07 Å². The molecule has 0 radical (unpaired) electrons. The third-order valence-electron chi connectivity index (χ3n) is 4.20. The summed E-state index contributed by atoms with van der Waals surface area (Å²) in [7, 11) is 0. The van der Waals surface area contributed by atoms with E-state index in [1.54, 1.807) is 16.7 Å². The van der Waals surface area contributed by atoms with Crippen LogP contribution in [0, 0.1) is 13.8 Å². The van der Waals surface area contributed by atoms with Gasteiger partial charge < -0.3 is 14.8 Å². The van der Waals surface area contributed by atoms with Crippen molar-refractivity contribution < 1.29 is 14.7 Å². The highest BCUT2D eigenvalue weighted by Crippen LogP contribution is 2.55. The molecule has 106 valence electrons. The van der Waals surface area contributed by atoms with Crippen LogP contribution in [0.25, 0.3) is 0 Å². The van der Waals surface area contributed by atoms with Gasteiger partial charge in [0, 0.05) is 12.2 Å². The number of amides is 1. The fraction of sp³-hybridized carbons (Fsp3) is 0.467. The predicted octanol–water partition coefficient (Wildman–Crippen LogP) is 0.944. The van der Waals surface area contributed by atoms with E-state index in [0.29, 0.717) is 18.6 Å². The molecule has 1 aromatic carbocycles. The summed E-state index contributed by atoms with van der Waals surface area (Å²) in [6, 6.07) is 5.32. The zero-order valence-corrected chi connectivity index (χ0v) is 12.3. The molecule has 0 aliphatic carbocycles. The summed E-state index contributed by atoms with van der Waals surface area (Å²) >= 11 is 1.56. The molecule has 0 bridgehead atoms. The summed E-state index contributed by atoms with van der Waals surface area (Å²) in [6.45, 7) is 4.04. The van der Waals surface area contributed by atoms with Crippen molar-refractivity contribution in [2.24, 2.45) is 0 Å². The first-order valence-electron chi connectivity index (χ1n) is 6.70. The lowest BCUT2D eigenvalue weighted by Gasteiger charge is -2.35. The summed E-state index contributed by atoms with van der Waals surface area (Å²) in [5, 5.41) is 11.3. The third-order valence-corrected chi connectivity index (χ3v) is 5.78. The minimum atomic E-state index is -1.15. The number of aryl methyl sites for hydroxylation is 2. The molecule has 2 atom stereocenters. The van der Waals surface area contributed by atoms with Gasteiger partial charge >= 0.3 is 0 Å². The fourth-order valence-corrected chi connectivity index (χ4v) is 5.06. The SMILES string of the molecule is Cc1ccc([C@]23CCC(=O)N2[C@H](C(=O)[O-])CS3)c(C)c1. The van der Waals surface area contributed by atoms with Gasteiger partial charge in [0.05, 0.1) is 12.0 Å². The van der Waals surface area contributed by atoms with Crippen LogP contribution in [-0.4, -0.2) is 28.6 Å². The van der Waals surface area contributed by atoms with E-state index in [-0.39, 0.29) is 5.91 Å². The van der Waals surface area contributed by atoms with Crippen molar-refractivity contribution in [1.82, 2.24) is 4.90 Å². The van der Waals surface area contributed by atoms with Crippen LogP contribution in [0.3, 0.4) is 0 Å². The lowest BCUT2D eigenvalue weighted by molar-refractivity contribution is -0.310. The highest BCUT2D eigenvalue weighted by atomic mass is 32.2. The van der Waals surface area contributed by atoms with Crippen LogP contribution in [0.2, 0.25) is 0 Å². The number of aliphatic carboxylic acids is 1. The van der Waals surface area contributed by atoms with Crippen LogP contribution < -0.4 is 5.11 Å². The lowest BCUT2D eigenvalue weighted by Crippen LogP contribution is -2.51. The molecule has 0 N–H and O–H groups in total. The van der Waals surface area contributed by atoms with E-state index < -0.39 is 16.9 Å². The monoisotopic (exact) mass is 290 g/mol. The van der Waals surface area contributed by atoms with Gasteiger partial charge in [-0.05, 0) is 31.4 Å². The van der Waals surface area contributed by atoms with Crippen molar-refractivity contribution in [2.75, 3.05) is 5.75 Å². The van der Waals surface area contributed by atoms with Crippen molar-refractivity contribution in [3.8, 4) is 0 Å². The number of carbonyl (C=O) groups is 2. The first kappa shape index (κ1) is 13.5. The summed E-state index contributed by atoms with van der Waals surface area (Å²) in [6.07, 6.45) is 1.08. The number of carbonyl (C=O) groups excluding carboxylic acids is 2. The molecule has 2 aliphatic rings. The van der Waals surface area contributed by atoms with E-state index in [4.69, 9.17) is 0 Å². The Balaban J connectivity index is 2.11. The summed E-state index contributed by atoms with van der Waals surface area (Å²) in [4.78, 5) is 24.5. The predicted molar refractivity (Wildman–Crippen MR) is 74.9 cm³/mol. The second kappa shape index (κ2) is 4.52. The van der Waals surface area contributed by atoms with E-state index >= 15 is 0 Å². The van der Waals surface area contributed by atoms with E-state index in [1.165, 1.54) is 0 Å². The van der Waals surface area contributed by atoms with Crippen LogP contribution in [0.5, 0.6) is 0 Å². The molecule has 2 saturated heterocycles. The Morgan fingerprint density at radius 1 is 1.45 bits per heavy atom. The standard InChI is InChI=1S/C15H17NO3S/c1-9-3-4-11(10(2)7-9)15-6-5-13(17)16(15)12(8-20-15)14(18)19/h3-4,7,12H,5-6,8H2,1-2H3,(H,18,19)/p-1/t12-,15+/m0/s1. The number of hydrogen-bond donors (Lipinski definition) is 0. The van der Waals surface area contributed by atoms with Gasteiger partial charge in [0.2, 0.25) is 5.91 Å². The first-order chi connectivity index (χ1) is 9.45. The minimum Gasteiger partial charge on any atom is -0.548 e. The number of thioether (sulfide) groups is 1. The molecule has 0 spiro atoms. The maximum atomic E-state index is 12.1. The molecule has 0 unspecified atom stereocenters. The third kappa shape index (κ3) is 1.76. The van der Waals surface area contributed by atoms with Gasteiger partial charge in [-0.25, -0.2) is 0 Å². The first-order valence-corrected chi connectivity index (χ1v) is 7.69.